The predicted octanol–water partition coefficient (Wildman–Crippen LogP) is 3.11. The number of benzene rings is 2. The largest absolute Gasteiger partial charge is 0.478 e. The molecule has 0 fully saturated rings. The van der Waals surface area contributed by atoms with E-state index >= 15 is 0 Å². The van der Waals surface area contributed by atoms with Gasteiger partial charge < -0.3 is 5.11 Å². The van der Waals surface area contributed by atoms with Gasteiger partial charge in [-0.15, -0.1) is 0 Å². The van der Waals surface area contributed by atoms with Gasteiger partial charge in [-0.05, 0) is 22.8 Å². The molecule has 0 aliphatic rings. The van der Waals surface area contributed by atoms with Crippen molar-refractivity contribution in [2.24, 2.45) is 0 Å². The van der Waals surface area contributed by atoms with Crippen LogP contribution in [0.5, 0.6) is 0 Å². The van der Waals surface area contributed by atoms with E-state index in [0.717, 1.165) is 11.1 Å². The van der Waals surface area contributed by atoms with E-state index in [-0.39, 0.29) is 17.2 Å². The van der Waals surface area contributed by atoms with E-state index in [2.05, 4.69) is 10.2 Å². The van der Waals surface area contributed by atoms with Crippen molar-refractivity contribution in [1.82, 2.24) is 14.8 Å². The number of nitrogens with one attached hydrogen (secondary N) is 1. The first-order valence-electron chi connectivity index (χ1n) is 8.04. The Morgan fingerprint density at radius 1 is 1.16 bits per heavy atom. The van der Waals surface area contributed by atoms with Crippen molar-refractivity contribution >= 4 is 5.97 Å². The Bertz CT molecular complexity index is 953. The minimum absolute atomic E-state index is 0.140. The summed E-state index contributed by atoms with van der Waals surface area (Å²) >= 11 is 0. The van der Waals surface area contributed by atoms with E-state index in [0.29, 0.717) is 17.9 Å². The van der Waals surface area contributed by atoms with Crippen molar-refractivity contribution in [3.8, 4) is 11.1 Å². The molecule has 0 atom stereocenters. The van der Waals surface area contributed by atoms with Crippen molar-refractivity contribution in [3.63, 3.8) is 0 Å². The summed E-state index contributed by atoms with van der Waals surface area (Å²) in [6.45, 7) is 4.39. The zero-order chi connectivity index (χ0) is 18.0. The number of aromatic carboxylic acids is 1. The van der Waals surface area contributed by atoms with E-state index in [1.807, 2.05) is 44.2 Å². The van der Waals surface area contributed by atoms with Gasteiger partial charge in [0.05, 0.1) is 12.1 Å². The number of carboxylic acids is 1. The molecule has 2 N–H and O–H groups in total. The predicted molar refractivity (Wildman–Crippen MR) is 94.9 cm³/mol. The molecule has 0 radical (unpaired) electrons. The number of aromatic nitrogens is 3. The van der Waals surface area contributed by atoms with Crippen LogP contribution < -0.4 is 5.69 Å². The highest BCUT2D eigenvalue weighted by molar-refractivity contribution is 5.95. The van der Waals surface area contributed by atoms with Gasteiger partial charge in [0.2, 0.25) is 0 Å². The van der Waals surface area contributed by atoms with Crippen LogP contribution in [0.4, 0.5) is 0 Å². The SMILES string of the molecule is CC(C)c1n[nH]c(=O)n1Cc1ccc(-c2ccccc2C(=O)O)cc1. The van der Waals surface area contributed by atoms with Gasteiger partial charge in [-0.25, -0.2) is 14.7 Å². The maximum atomic E-state index is 11.9. The number of hydrogen-bond acceptors (Lipinski definition) is 3. The van der Waals surface area contributed by atoms with Crippen molar-refractivity contribution in [1.29, 1.82) is 0 Å². The first-order valence-corrected chi connectivity index (χ1v) is 8.04. The average molecular weight is 337 g/mol. The van der Waals surface area contributed by atoms with Crippen LogP contribution in [0.2, 0.25) is 0 Å². The number of nitrogens with zero attached hydrogens (tertiary/aromatic N) is 2. The number of carbonyl (C=O) groups is 1. The molecular weight excluding hydrogens is 318 g/mol. The Kier molecular flexibility index (Phi) is 4.52. The molecule has 0 spiro atoms. The fourth-order valence-corrected chi connectivity index (χ4v) is 2.82. The molecule has 0 aliphatic heterocycles. The van der Waals surface area contributed by atoms with Gasteiger partial charge in [0.15, 0.2) is 0 Å². The molecule has 0 aliphatic carbocycles. The average Bonchev–Trinajstić information content (AvgIpc) is 2.96. The fraction of sp³-hybridized carbons (Fsp3) is 0.211. The van der Waals surface area contributed by atoms with Crippen LogP contribution in [0.15, 0.2) is 53.3 Å². The quantitative estimate of drug-likeness (QED) is 0.749. The Balaban J connectivity index is 1.91. The highest BCUT2D eigenvalue weighted by Gasteiger charge is 2.13. The topological polar surface area (TPSA) is 88.0 Å². The van der Waals surface area contributed by atoms with Crippen molar-refractivity contribution in [2.45, 2.75) is 26.3 Å². The lowest BCUT2D eigenvalue weighted by Crippen LogP contribution is -2.20. The van der Waals surface area contributed by atoms with Crippen molar-refractivity contribution in [3.05, 3.63) is 76.0 Å². The minimum Gasteiger partial charge on any atom is -0.478 e. The lowest BCUT2D eigenvalue weighted by molar-refractivity contribution is 0.0697. The van der Waals surface area contributed by atoms with Gasteiger partial charge in [0, 0.05) is 5.92 Å². The van der Waals surface area contributed by atoms with Gasteiger partial charge in [-0.2, -0.15) is 5.10 Å². The molecule has 0 bridgehead atoms. The summed E-state index contributed by atoms with van der Waals surface area (Å²) in [5.41, 5.74) is 2.48. The second kappa shape index (κ2) is 6.76. The summed E-state index contributed by atoms with van der Waals surface area (Å²) in [5.74, 6) is -0.0998. The third-order valence-electron chi connectivity index (χ3n) is 4.07. The summed E-state index contributed by atoms with van der Waals surface area (Å²) in [5, 5.41) is 15.9. The number of aromatic amines is 1. The van der Waals surface area contributed by atoms with E-state index in [1.165, 1.54) is 0 Å². The molecule has 0 unspecified atom stereocenters. The molecule has 3 rings (SSSR count). The molecular formula is C19H19N3O3. The van der Waals surface area contributed by atoms with Crippen molar-refractivity contribution < 1.29 is 9.90 Å². The third-order valence-corrected chi connectivity index (χ3v) is 4.07. The molecule has 6 heteroatoms. The molecule has 6 nitrogen and oxygen atoms in total. The molecule has 1 heterocycles. The van der Waals surface area contributed by atoms with Crippen LogP contribution >= 0.6 is 0 Å². The Hall–Kier alpha value is -3.15. The highest BCUT2D eigenvalue weighted by Crippen LogP contribution is 2.24. The molecule has 1 aromatic heterocycles. The highest BCUT2D eigenvalue weighted by atomic mass is 16.4. The monoisotopic (exact) mass is 337 g/mol. The maximum absolute atomic E-state index is 11.9. The lowest BCUT2D eigenvalue weighted by Gasteiger charge is -2.10. The van der Waals surface area contributed by atoms with Gasteiger partial charge in [0.1, 0.15) is 5.82 Å². The van der Waals surface area contributed by atoms with Crippen molar-refractivity contribution in [2.75, 3.05) is 0 Å². The first kappa shape index (κ1) is 16.7. The molecule has 2 aromatic carbocycles. The molecule has 0 saturated carbocycles. The third kappa shape index (κ3) is 3.38. The summed E-state index contributed by atoms with van der Waals surface area (Å²) in [6, 6.07) is 14.4. The van der Waals surface area contributed by atoms with Gasteiger partial charge in [-0.1, -0.05) is 56.3 Å². The number of hydrogen-bond donors (Lipinski definition) is 2. The molecule has 3 aromatic rings. The number of carboxylic acid groups (broad SMARTS) is 1. The smallest absolute Gasteiger partial charge is 0.343 e. The zero-order valence-corrected chi connectivity index (χ0v) is 14.1. The van der Waals surface area contributed by atoms with Crippen LogP contribution in [0, 0.1) is 0 Å². The molecule has 128 valence electrons. The molecule has 25 heavy (non-hydrogen) atoms. The summed E-state index contributed by atoms with van der Waals surface area (Å²) in [4.78, 5) is 23.3. The number of H-pyrrole nitrogens is 1. The second-order valence-corrected chi connectivity index (χ2v) is 6.18. The zero-order valence-electron chi connectivity index (χ0n) is 14.1. The van der Waals surface area contributed by atoms with Crippen LogP contribution in [0.25, 0.3) is 11.1 Å². The van der Waals surface area contributed by atoms with Crippen LogP contribution in [-0.4, -0.2) is 25.8 Å². The Morgan fingerprint density at radius 3 is 2.48 bits per heavy atom. The lowest BCUT2D eigenvalue weighted by atomic mass is 9.99. The summed E-state index contributed by atoms with van der Waals surface area (Å²) in [7, 11) is 0. The van der Waals surface area contributed by atoms with E-state index < -0.39 is 5.97 Å². The second-order valence-electron chi connectivity index (χ2n) is 6.18. The fourth-order valence-electron chi connectivity index (χ4n) is 2.82. The maximum Gasteiger partial charge on any atom is 0.343 e. The molecule has 0 saturated heterocycles. The Labute approximate surface area is 144 Å². The Morgan fingerprint density at radius 2 is 1.84 bits per heavy atom. The van der Waals surface area contributed by atoms with Crippen LogP contribution in [0.1, 0.15) is 41.5 Å². The van der Waals surface area contributed by atoms with Gasteiger partial charge in [0.25, 0.3) is 0 Å². The molecule has 0 amide bonds. The van der Waals surface area contributed by atoms with E-state index in [4.69, 9.17) is 0 Å². The van der Waals surface area contributed by atoms with E-state index in [1.54, 1.807) is 22.8 Å². The van der Waals surface area contributed by atoms with E-state index in [9.17, 15) is 14.7 Å². The minimum atomic E-state index is -0.953. The number of rotatable bonds is 5. The van der Waals surface area contributed by atoms with Gasteiger partial charge in [-0.3, -0.25) is 4.57 Å². The summed E-state index contributed by atoms with van der Waals surface area (Å²) < 4.78 is 1.62. The van der Waals surface area contributed by atoms with Crippen LogP contribution in [-0.2, 0) is 6.54 Å². The first-order chi connectivity index (χ1) is 12.0. The summed E-state index contributed by atoms with van der Waals surface area (Å²) in [6.07, 6.45) is 0. The van der Waals surface area contributed by atoms with Gasteiger partial charge >= 0.3 is 11.7 Å². The van der Waals surface area contributed by atoms with Crippen LogP contribution in [0.3, 0.4) is 0 Å². The standard InChI is InChI=1S/C19H19N3O3/c1-12(2)17-20-21-19(25)22(17)11-13-7-9-14(10-8-13)15-5-3-4-6-16(15)18(23)24/h3-10,12H,11H2,1-2H3,(H,21,25)(H,23,24). The normalized spacial score (nSPS) is 11.0.